The Morgan fingerprint density at radius 1 is 1.35 bits per heavy atom. The molecule has 23 heavy (non-hydrogen) atoms. The van der Waals surface area contributed by atoms with Crippen molar-refractivity contribution in [3.63, 3.8) is 0 Å². The predicted octanol–water partition coefficient (Wildman–Crippen LogP) is 2.51. The second kappa shape index (κ2) is 5.68. The van der Waals surface area contributed by atoms with E-state index in [0.29, 0.717) is 11.5 Å². The number of fused-ring (bicyclic) bond motifs is 1. The average molecular weight is 311 g/mol. The van der Waals surface area contributed by atoms with Crippen molar-refractivity contribution in [2.75, 3.05) is 5.32 Å². The molecule has 3 aromatic rings. The molecule has 0 aliphatic heterocycles. The number of phenols is 1. The van der Waals surface area contributed by atoms with E-state index in [9.17, 15) is 9.90 Å². The van der Waals surface area contributed by atoms with Crippen LogP contribution in [0.1, 0.15) is 41.5 Å². The predicted molar refractivity (Wildman–Crippen MR) is 85.7 cm³/mol. The van der Waals surface area contributed by atoms with Gasteiger partial charge in [0.2, 0.25) is 5.82 Å². The van der Waals surface area contributed by atoms with Gasteiger partial charge < -0.3 is 10.4 Å². The van der Waals surface area contributed by atoms with Gasteiger partial charge in [-0.2, -0.15) is 4.98 Å². The highest BCUT2D eigenvalue weighted by molar-refractivity contribution is 6.02. The van der Waals surface area contributed by atoms with Crippen molar-refractivity contribution in [3.05, 3.63) is 47.5 Å². The summed E-state index contributed by atoms with van der Waals surface area (Å²) in [6.45, 7) is 5.77. The van der Waals surface area contributed by atoms with Gasteiger partial charge in [0.25, 0.3) is 11.7 Å². The minimum atomic E-state index is -0.418. The number of aromatic nitrogens is 4. The summed E-state index contributed by atoms with van der Waals surface area (Å²) >= 11 is 0. The standard InChI is InChI=1S/C16H17N5O2/c1-9(2)11-8-12(10(3)7-13(11)22)18-15(23)14-19-16-17-5-4-6-21(16)20-14/h4-9,22H,1-3H3,(H,18,23). The van der Waals surface area contributed by atoms with Crippen LogP contribution in [0.2, 0.25) is 0 Å². The van der Waals surface area contributed by atoms with E-state index < -0.39 is 5.91 Å². The van der Waals surface area contributed by atoms with Crippen LogP contribution < -0.4 is 5.32 Å². The van der Waals surface area contributed by atoms with Crippen molar-refractivity contribution in [3.8, 4) is 5.75 Å². The molecular formula is C16H17N5O2. The number of anilines is 1. The van der Waals surface area contributed by atoms with E-state index in [0.717, 1.165) is 11.1 Å². The molecule has 7 heteroatoms. The maximum atomic E-state index is 12.4. The van der Waals surface area contributed by atoms with E-state index in [-0.39, 0.29) is 17.5 Å². The van der Waals surface area contributed by atoms with Crippen LogP contribution in [0, 0.1) is 6.92 Å². The van der Waals surface area contributed by atoms with Crippen LogP contribution in [0.25, 0.3) is 5.78 Å². The maximum Gasteiger partial charge on any atom is 0.295 e. The molecule has 0 aliphatic rings. The van der Waals surface area contributed by atoms with Gasteiger partial charge in [-0.15, -0.1) is 5.10 Å². The molecular weight excluding hydrogens is 294 g/mol. The monoisotopic (exact) mass is 311 g/mol. The summed E-state index contributed by atoms with van der Waals surface area (Å²) in [5.74, 6) is 0.360. The average Bonchev–Trinajstić information content (AvgIpc) is 2.93. The Balaban J connectivity index is 1.92. The second-order valence-corrected chi connectivity index (χ2v) is 5.63. The molecule has 0 atom stereocenters. The first-order valence-corrected chi connectivity index (χ1v) is 7.28. The minimum Gasteiger partial charge on any atom is -0.508 e. The van der Waals surface area contributed by atoms with Crippen LogP contribution in [0.15, 0.2) is 30.6 Å². The summed E-state index contributed by atoms with van der Waals surface area (Å²) in [4.78, 5) is 20.5. The van der Waals surface area contributed by atoms with Crippen LogP contribution in [-0.4, -0.2) is 30.6 Å². The SMILES string of the molecule is Cc1cc(O)c(C(C)C)cc1NC(=O)c1nc2ncccn2n1. The smallest absolute Gasteiger partial charge is 0.295 e. The molecule has 0 unspecified atom stereocenters. The molecule has 7 nitrogen and oxygen atoms in total. The lowest BCUT2D eigenvalue weighted by Gasteiger charge is -2.13. The molecule has 2 heterocycles. The van der Waals surface area contributed by atoms with Crippen LogP contribution in [0.4, 0.5) is 5.69 Å². The number of rotatable bonds is 3. The first-order chi connectivity index (χ1) is 11.0. The van der Waals surface area contributed by atoms with Crippen molar-refractivity contribution >= 4 is 17.4 Å². The maximum absolute atomic E-state index is 12.4. The van der Waals surface area contributed by atoms with Gasteiger partial charge in [0, 0.05) is 18.1 Å². The van der Waals surface area contributed by atoms with Gasteiger partial charge in [0.15, 0.2) is 0 Å². The van der Waals surface area contributed by atoms with E-state index in [1.807, 2.05) is 20.8 Å². The summed E-state index contributed by atoms with van der Waals surface area (Å²) < 4.78 is 1.44. The third kappa shape index (κ3) is 2.85. The van der Waals surface area contributed by atoms with Gasteiger partial charge in [-0.1, -0.05) is 13.8 Å². The number of aromatic hydroxyl groups is 1. The van der Waals surface area contributed by atoms with Crippen LogP contribution in [-0.2, 0) is 0 Å². The Hall–Kier alpha value is -2.96. The van der Waals surface area contributed by atoms with Gasteiger partial charge in [0.1, 0.15) is 5.75 Å². The zero-order valence-corrected chi connectivity index (χ0v) is 13.1. The molecule has 2 N–H and O–H groups in total. The summed E-state index contributed by atoms with van der Waals surface area (Å²) in [6, 6.07) is 5.13. The number of aryl methyl sites for hydroxylation is 1. The second-order valence-electron chi connectivity index (χ2n) is 5.63. The number of nitrogens with zero attached hydrogens (tertiary/aromatic N) is 4. The molecule has 3 rings (SSSR count). The van der Waals surface area contributed by atoms with Crippen molar-refractivity contribution in [2.24, 2.45) is 0 Å². The van der Waals surface area contributed by atoms with E-state index in [4.69, 9.17) is 0 Å². The van der Waals surface area contributed by atoms with Crippen molar-refractivity contribution in [1.29, 1.82) is 0 Å². The molecule has 0 radical (unpaired) electrons. The zero-order chi connectivity index (χ0) is 16.6. The summed E-state index contributed by atoms with van der Waals surface area (Å²) in [6.07, 6.45) is 3.26. The van der Waals surface area contributed by atoms with Gasteiger partial charge in [-0.25, -0.2) is 9.50 Å². The molecule has 0 saturated carbocycles. The minimum absolute atomic E-state index is 0.0438. The fourth-order valence-electron chi connectivity index (χ4n) is 2.31. The zero-order valence-electron chi connectivity index (χ0n) is 13.1. The van der Waals surface area contributed by atoms with E-state index in [1.54, 1.807) is 30.6 Å². The Morgan fingerprint density at radius 3 is 2.83 bits per heavy atom. The third-order valence-corrected chi connectivity index (χ3v) is 3.56. The van der Waals surface area contributed by atoms with E-state index in [2.05, 4.69) is 20.4 Å². The van der Waals surface area contributed by atoms with Gasteiger partial charge in [-0.3, -0.25) is 4.79 Å². The Morgan fingerprint density at radius 2 is 2.13 bits per heavy atom. The lowest BCUT2D eigenvalue weighted by atomic mass is 9.99. The molecule has 118 valence electrons. The highest BCUT2D eigenvalue weighted by Crippen LogP contribution is 2.31. The quantitative estimate of drug-likeness (QED) is 0.725. The summed E-state index contributed by atoms with van der Waals surface area (Å²) in [5, 5.41) is 16.9. The Kier molecular flexibility index (Phi) is 3.69. The third-order valence-electron chi connectivity index (χ3n) is 3.56. The highest BCUT2D eigenvalue weighted by atomic mass is 16.3. The largest absolute Gasteiger partial charge is 0.508 e. The summed E-state index contributed by atoms with van der Waals surface area (Å²) in [7, 11) is 0. The van der Waals surface area contributed by atoms with Crippen LogP contribution >= 0.6 is 0 Å². The molecule has 0 aliphatic carbocycles. The number of carbonyl (C=O) groups excluding carboxylic acids is 1. The normalized spacial score (nSPS) is 11.1. The molecule has 0 spiro atoms. The van der Waals surface area contributed by atoms with Gasteiger partial charge >= 0.3 is 0 Å². The van der Waals surface area contributed by atoms with Crippen molar-refractivity contribution in [2.45, 2.75) is 26.7 Å². The number of amides is 1. The lowest BCUT2D eigenvalue weighted by Crippen LogP contribution is -2.15. The number of hydrogen-bond donors (Lipinski definition) is 2. The number of hydrogen-bond acceptors (Lipinski definition) is 5. The Labute approximate surface area is 133 Å². The number of benzene rings is 1. The summed E-state index contributed by atoms with van der Waals surface area (Å²) in [5.41, 5.74) is 2.17. The molecule has 1 amide bonds. The van der Waals surface area contributed by atoms with Crippen molar-refractivity contribution < 1.29 is 9.90 Å². The van der Waals surface area contributed by atoms with E-state index in [1.165, 1.54) is 4.52 Å². The fraction of sp³-hybridized carbons (Fsp3) is 0.250. The van der Waals surface area contributed by atoms with E-state index >= 15 is 0 Å². The molecule has 0 fully saturated rings. The highest BCUT2D eigenvalue weighted by Gasteiger charge is 2.16. The lowest BCUT2D eigenvalue weighted by molar-refractivity contribution is 0.101. The first kappa shape index (κ1) is 15.0. The van der Waals surface area contributed by atoms with Crippen molar-refractivity contribution in [1.82, 2.24) is 19.6 Å². The number of nitrogens with one attached hydrogen (secondary N) is 1. The van der Waals surface area contributed by atoms with Crippen LogP contribution in [0.5, 0.6) is 5.75 Å². The molecule has 2 aromatic heterocycles. The molecule has 0 bridgehead atoms. The number of carbonyl (C=O) groups is 1. The molecule has 1 aromatic carbocycles. The molecule has 0 saturated heterocycles. The van der Waals surface area contributed by atoms with Gasteiger partial charge in [-0.05, 0) is 42.2 Å². The van der Waals surface area contributed by atoms with Crippen LogP contribution in [0.3, 0.4) is 0 Å². The topological polar surface area (TPSA) is 92.4 Å². The van der Waals surface area contributed by atoms with Gasteiger partial charge in [0.05, 0.1) is 0 Å². The first-order valence-electron chi connectivity index (χ1n) is 7.28. The fourth-order valence-corrected chi connectivity index (χ4v) is 2.31. The number of phenolic OH excluding ortho intramolecular Hbond substituents is 1. The Bertz CT molecular complexity index is 852.